The van der Waals surface area contributed by atoms with Crippen LogP contribution in [0.4, 0.5) is 5.69 Å². The van der Waals surface area contributed by atoms with Gasteiger partial charge in [0.2, 0.25) is 0 Å². The molecule has 0 fully saturated rings. The SMILES string of the molecule is CC1=NN(c2cccc(Br)c2)C(=O)/C1=C\c1ccccc1OCC(=O)O. The maximum absolute atomic E-state index is 12.8. The first-order chi connectivity index (χ1) is 12.5. The highest BCUT2D eigenvalue weighted by Crippen LogP contribution is 2.29. The molecule has 0 saturated carbocycles. The van der Waals surface area contributed by atoms with Gasteiger partial charge in [0.15, 0.2) is 6.61 Å². The van der Waals surface area contributed by atoms with E-state index in [2.05, 4.69) is 21.0 Å². The molecule has 1 amide bonds. The molecule has 0 spiro atoms. The quantitative estimate of drug-likeness (QED) is 0.756. The molecule has 0 atom stereocenters. The fourth-order valence-corrected chi connectivity index (χ4v) is 2.88. The number of halogens is 1. The van der Waals surface area contributed by atoms with Crippen LogP contribution in [-0.4, -0.2) is 29.3 Å². The van der Waals surface area contributed by atoms with Gasteiger partial charge >= 0.3 is 5.97 Å². The zero-order valence-corrected chi connectivity index (χ0v) is 15.4. The van der Waals surface area contributed by atoms with E-state index in [9.17, 15) is 9.59 Å². The van der Waals surface area contributed by atoms with Gasteiger partial charge in [-0.15, -0.1) is 0 Å². The second-order valence-electron chi connectivity index (χ2n) is 5.56. The Kier molecular flexibility index (Phi) is 5.18. The van der Waals surface area contributed by atoms with Crippen molar-refractivity contribution in [3.05, 3.63) is 64.1 Å². The zero-order chi connectivity index (χ0) is 18.7. The van der Waals surface area contributed by atoms with Gasteiger partial charge in [0.25, 0.3) is 5.91 Å². The maximum atomic E-state index is 12.8. The number of carbonyl (C=O) groups excluding carboxylic acids is 1. The van der Waals surface area contributed by atoms with Gasteiger partial charge in [-0.25, -0.2) is 4.79 Å². The van der Waals surface area contributed by atoms with Crippen molar-refractivity contribution in [3.8, 4) is 5.75 Å². The van der Waals surface area contributed by atoms with Crippen molar-refractivity contribution >= 4 is 45.3 Å². The van der Waals surface area contributed by atoms with Crippen LogP contribution < -0.4 is 9.75 Å². The van der Waals surface area contributed by atoms with E-state index < -0.39 is 12.6 Å². The molecule has 0 aliphatic carbocycles. The molecule has 2 aromatic rings. The number of anilines is 1. The molecular weight excluding hydrogens is 400 g/mol. The maximum Gasteiger partial charge on any atom is 0.341 e. The Bertz CT molecular complexity index is 937. The number of carboxylic acid groups (broad SMARTS) is 1. The number of amides is 1. The summed E-state index contributed by atoms with van der Waals surface area (Å²) < 4.78 is 6.14. The number of hydrogen-bond donors (Lipinski definition) is 1. The van der Waals surface area contributed by atoms with E-state index in [1.165, 1.54) is 5.01 Å². The molecule has 0 aromatic heterocycles. The summed E-state index contributed by atoms with van der Waals surface area (Å²) in [5, 5.41) is 14.5. The van der Waals surface area contributed by atoms with Crippen molar-refractivity contribution in [1.29, 1.82) is 0 Å². The fourth-order valence-electron chi connectivity index (χ4n) is 2.49. The van der Waals surface area contributed by atoms with E-state index in [-0.39, 0.29) is 5.91 Å². The first-order valence-corrected chi connectivity index (χ1v) is 8.56. The van der Waals surface area contributed by atoms with Crippen molar-refractivity contribution in [2.24, 2.45) is 5.10 Å². The highest BCUT2D eigenvalue weighted by Gasteiger charge is 2.29. The first-order valence-electron chi connectivity index (χ1n) is 7.76. The monoisotopic (exact) mass is 414 g/mol. The third-order valence-electron chi connectivity index (χ3n) is 3.69. The first kappa shape index (κ1) is 17.9. The summed E-state index contributed by atoms with van der Waals surface area (Å²) in [7, 11) is 0. The second kappa shape index (κ2) is 7.53. The lowest BCUT2D eigenvalue weighted by atomic mass is 10.1. The Balaban J connectivity index is 1.92. The smallest absolute Gasteiger partial charge is 0.341 e. The molecule has 132 valence electrons. The van der Waals surface area contributed by atoms with Gasteiger partial charge in [0.05, 0.1) is 17.0 Å². The molecular formula is C19H15BrN2O4. The van der Waals surface area contributed by atoms with Crippen LogP contribution in [0.25, 0.3) is 6.08 Å². The van der Waals surface area contributed by atoms with Gasteiger partial charge in [-0.2, -0.15) is 10.1 Å². The number of para-hydroxylation sites is 1. The van der Waals surface area contributed by atoms with E-state index >= 15 is 0 Å². The Labute approximate surface area is 158 Å². The lowest BCUT2D eigenvalue weighted by Gasteiger charge is -2.12. The van der Waals surface area contributed by atoms with Crippen molar-refractivity contribution < 1.29 is 19.4 Å². The van der Waals surface area contributed by atoms with Crippen molar-refractivity contribution in [2.45, 2.75) is 6.92 Å². The highest BCUT2D eigenvalue weighted by atomic mass is 79.9. The molecule has 0 bridgehead atoms. The van der Waals surface area contributed by atoms with Crippen LogP contribution in [0.1, 0.15) is 12.5 Å². The number of aliphatic carboxylic acids is 1. The summed E-state index contributed by atoms with van der Waals surface area (Å²) in [6, 6.07) is 14.2. The van der Waals surface area contributed by atoms with Gasteiger partial charge < -0.3 is 9.84 Å². The lowest BCUT2D eigenvalue weighted by Crippen LogP contribution is -2.21. The standard InChI is InChI=1S/C19H15BrN2O4/c1-12-16(9-13-5-2-3-8-17(13)26-11-18(23)24)19(25)22(21-12)15-7-4-6-14(20)10-15/h2-10H,11H2,1H3,(H,23,24)/b16-9-. The zero-order valence-electron chi connectivity index (χ0n) is 13.8. The number of rotatable bonds is 5. The van der Waals surface area contributed by atoms with Crippen LogP contribution in [0, 0.1) is 0 Å². The molecule has 7 heteroatoms. The number of carbonyl (C=O) groups is 2. The lowest BCUT2D eigenvalue weighted by molar-refractivity contribution is -0.139. The van der Waals surface area contributed by atoms with E-state index in [0.717, 1.165) is 4.47 Å². The van der Waals surface area contributed by atoms with Crippen LogP contribution in [-0.2, 0) is 9.59 Å². The summed E-state index contributed by atoms with van der Waals surface area (Å²) in [6.45, 7) is 1.30. The van der Waals surface area contributed by atoms with Crippen molar-refractivity contribution in [2.75, 3.05) is 11.6 Å². The number of nitrogens with zero attached hydrogens (tertiary/aromatic N) is 2. The van der Waals surface area contributed by atoms with Crippen LogP contribution in [0.15, 0.2) is 63.7 Å². The third-order valence-corrected chi connectivity index (χ3v) is 4.18. The normalized spacial score (nSPS) is 15.3. The number of ether oxygens (including phenoxy) is 1. The van der Waals surface area contributed by atoms with Crippen LogP contribution in [0.3, 0.4) is 0 Å². The molecule has 6 nitrogen and oxygen atoms in total. The average Bonchev–Trinajstić information content (AvgIpc) is 2.89. The predicted molar refractivity (Wildman–Crippen MR) is 102 cm³/mol. The Morgan fingerprint density at radius 1 is 1.27 bits per heavy atom. The predicted octanol–water partition coefficient (Wildman–Crippen LogP) is 3.72. The van der Waals surface area contributed by atoms with Gasteiger partial charge in [-0.05, 0) is 37.3 Å². The number of hydrogen-bond acceptors (Lipinski definition) is 4. The Morgan fingerprint density at radius 2 is 2.04 bits per heavy atom. The summed E-state index contributed by atoms with van der Waals surface area (Å²) >= 11 is 3.39. The minimum Gasteiger partial charge on any atom is -0.481 e. The molecule has 1 N–H and O–H groups in total. The minimum atomic E-state index is -1.07. The summed E-state index contributed by atoms with van der Waals surface area (Å²) in [5.41, 5.74) is 2.27. The van der Waals surface area contributed by atoms with E-state index in [1.54, 1.807) is 43.3 Å². The Morgan fingerprint density at radius 3 is 2.77 bits per heavy atom. The van der Waals surface area contributed by atoms with E-state index in [0.29, 0.717) is 28.3 Å². The molecule has 3 rings (SSSR count). The fraction of sp³-hybridized carbons (Fsp3) is 0.105. The summed E-state index contributed by atoms with van der Waals surface area (Å²) in [5.74, 6) is -0.930. The molecule has 0 unspecified atom stereocenters. The van der Waals surface area contributed by atoms with Gasteiger partial charge in [-0.1, -0.05) is 40.2 Å². The van der Waals surface area contributed by atoms with E-state index in [4.69, 9.17) is 9.84 Å². The molecule has 26 heavy (non-hydrogen) atoms. The summed E-state index contributed by atoms with van der Waals surface area (Å²) in [4.78, 5) is 23.5. The molecule has 1 heterocycles. The minimum absolute atomic E-state index is 0.256. The average molecular weight is 415 g/mol. The summed E-state index contributed by atoms with van der Waals surface area (Å²) in [6.07, 6.45) is 1.66. The molecule has 1 aliphatic heterocycles. The van der Waals surface area contributed by atoms with E-state index in [1.807, 2.05) is 18.2 Å². The molecule has 0 radical (unpaired) electrons. The van der Waals surface area contributed by atoms with Crippen LogP contribution >= 0.6 is 15.9 Å². The van der Waals surface area contributed by atoms with Gasteiger partial charge in [0.1, 0.15) is 5.75 Å². The number of benzene rings is 2. The second-order valence-corrected chi connectivity index (χ2v) is 6.48. The number of hydrazone groups is 1. The Hall–Kier alpha value is -2.93. The van der Waals surface area contributed by atoms with Crippen molar-refractivity contribution in [3.63, 3.8) is 0 Å². The van der Waals surface area contributed by atoms with Crippen LogP contribution in [0.2, 0.25) is 0 Å². The van der Waals surface area contributed by atoms with Crippen molar-refractivity contribution in [1.82, 2.24) is 0 Å². The topological polar surface area (TPSA) is 79.2 Å². The molecule has 1 aliphatic rings. The molecule has 0 saturated heterocycles. The highest BCUT2D eigenvalue weighted by molar-refractivity contribution is 9.10. The van der Waals surface area contributed by atoms with Gasteiger partial charge in [0, 0.05) is 10.0 Å². The van der Waals surface area contributed by atoms with Gasteiger partial charge in [-0.3, -0.25) is 4.79 Å². The molecule has 2 aromatic carbocycles. The number of carboxylic acids is 1. The third kappa shape index (κ3) is 3.83. The van der Waals surface area contributed by atoms with Crippen LogP contribution in [0.5, 0.6) is 5.75 Å². The largest absolute Gasteiger partial charge is 0.481 e.